The molecule has 3 rings (SSSR count). The lowest BCUT2D eigenvalue weighted by Gasteiger charge is -2.28. The van der Waals surface area contributed by atoms with Gasteiger partial charge in [0.25, 0.3) is 5.91 Å². The van der Waals surface area contributed by atoms with Gasteiger partial charge in [0.05, 0.1) is 17.4 Å². The lowest BCUT2D eigenvalue weighted by atomic mass is 10.1. The number of piperidine rings is 1. The molecule has 0 radical (unpaired) electrons. The number of carbonyl (C=O) groups is 1. The molecule has 0 bridgehead atoms. The fourth-order valence-corrected chi connectivity index (χ4v) is 2.93. The number of hydrogen-bond acceptors (Lipinski definition) is 3. The Bertz CT molecular complexity index is 711. The standard InChI is InChI=1S/C18H20ClN3O/c1-13-5-6-15(10-17(13)19)21-18(23)14-9-16(12-20-11-14)22-7-3-2-4-8-22/h5-6,9-12H,2-4,7-8H2,1H3,(H,21,23). The molecule has 0 atom stereocenters. The normalized spacial score (nSPS) is 14.6. The summed E-state index contributed by atoms with van der Waals surface area (Å²) in [4.78, 5) is 18.9. The topological polar surface area (TPSA) is 45.2 Å². The first-order chi connectivity index (χ1) is 11.1. The fourth-order valence-electron chi connectivity index (χ4n) is 2.75. The second-order valence-electron chi connectivity index (χ2n) is 5.90. The fraction of sp³-hybridized carbons (Fsp3) is 0.333. The van der Waals surface area contributed by atoms with E-state index < -0.39 is 0 Å². The van der Waals surface area contributed by atoms with Crippen LogP contribution in [0.15, 0.2) is 36.7 Å². The number of benzene rings is 1. The van der Waals surface area contributed by atoms with Crippen LogP contribution < -0.4 is 10.2 Å². The van der Waals surface area contributed by atoms with E-state index in [9.17, 15) is 4.79 Å². The van der Waals surface area contributed by atoms with Crippen molar-refractivity contribution in [1.82, 2.24) is 4.98 Å². The number of aryl methyl sites for hydroxylation is 1. The second-order valence-corrected chi connectivity index (χ2v) is 6.30. The second kappa shape index (κ2) is 7.01. The third kappa shape index (κ3) is 3.82. The summed E-state index contributed by atoms with van der Waals surface area (Å²) in [6, 6.07) is 7.40. The van der Waals surface area contributed by atoms with Crippen LogP contribution >= 0.6 is 11.6 Å². The van der Waals surface area contributed by atoms with E-state index in [-0.39, 0.29) is 5.91 Å². The van der Waals surface area contributed by atoms with Gasteiger partial charge in [0.2, 0.25) is 0 Å². The van der Waals surface area contributed by atoms with Crippen molar-refractivity contribution in [2.75, 3.05) is 23.3 Å². The lowest BCUT2D eigenvalue weighted by molar-refractivity contribution is 0.102. The van der Waals surface area contributed by atoms with Crippen LogP contribution in [0.5, 0.6) is 0 Å². The maximum Gasteiger partial charge on any atom is 0.257 e. The van der Waals surface area contributed by atoms with Crippen molar-refractivity contribution in [3.05, 3.63) is 52.8 Å². The zero-order valence-electron chi connectivity index (χ0n) is 13.2. The quantitative estimate of drug-likeness (QED) is 0.913. The highest BCUT2D eigenvalue weighted by Gasteiger charge is 2.14. The monoisotopic (exact) mass is 329 g/mol. The molecule has 1 N–H and O–H groups in total. The summed E-state index contributed by atoms with van der Waals surface area (Å²) in [5, 5.41) is 3.52. The average Bonchev–Trinajstić information content (AvgIpc) is 2.59. The van der Waals surface area contributed by atoms with Crippen molar-refractivity contribution in [3.63, 3.8) is 0 Å². The highest BCUT2D eigenvalue weighted by molar-refractivity contribution is 6.31. The van der Waals surface area contributed by atoms with Crippen LogP contribution in [0.1, 0.15) is 35.2 Å². The van der Waals surface area contributed by atoms with E-state index in [0.29, 0.717) is 16.3 Å². The molecule has 120 valence electrons. The zero-order valence-corrected chi connectivity index (χ0v) is 13.9. The first kappa shape index (κ1) is 15.8. The van der Waals surface area contributed by atoms with E-state index in [2.05, 4.69) is 15.2 Å². The van der Waals surface area contributed by atoms with Crippen molar-refractivity contribution >= 4 is 28.9 Å². The third-order valence-corrected chi connectivity index (χ3v) is 4.54. The van der Waals surface area contributed by atoms with E-state index in [1.165, 1.54) is 19.3 Å². The Kier molecular flexibility index (Phi) is 4.82. The predicted molar refractivity (Wildman–Crippen MR) is 94.4 cm³/mol. The Morgan fingerprint density at radius 3 is 2.70 bits per heavy atom. The molecule has 23 heavy (non-hydrogen) atoms. The van der Waals surface area contributed by atoms with Crippen LogP contribution in [0.25, 0.3) is 0 Å². The van der Waals surface area contributed by atoms with Crippen molar-refractivity contribution in [2.24, 2.45) is 0 Å². The minimum Gasteiger partial charge on any atom is -0.370 e. The Hall–Kier alpha value is -2.07. The van der Waals surface area contributed by atoms with Crippen molar-refractivity contribution in [3.8, 4) is 0 Å². The van der Waals surface area contributed by atoms with Crippen LogP contribution in [-0.4, -0.2) is 24.0 Å². The summed E-state index contributed by atoms with van der Waals surface area (Å²) >= 11 is 6.10. The van der Waals surface area contributed by atoms with Crippen LogP contribution in [0, 0.1) is 6.92 Å². The summed E-state index contributed by atoms with van der Waals surface area (Å²) in [6.45, 7) is 3.99. The molecule has 1 amide bonds. The Morgan fingerprint density at radius 1 is 1.17 bits per heavy atom. The molecule has 0 aliphatic carbocycles. The summed E-state index contributed by atoms with van der Waals surface area (Å²) in [5.74, 6) is -0.170. The molecule has 0 saturated carbocycles. The number of nitrogens with zero attached hydrogens (tertiary/aromatic N) is 2. The maximum atomic E-state index is 12.4. The van der Waals surface area contributed by atoms with Gasteiger partial charge in [0, 0.05) is 30.0 Å². The van der Waals surface area contributed by atoms with Gasteiger partial charge in [-0.05, 0) is 49.9 Å². The SMILES string of the molecule is Cc1ccc(NC(=O)c2cncc(N3CCCCC3)c2)cc1Cl. The molecule has 5 heteroatoms. The Morgan fingerprint density at radius 2 is 1.96 bits per heavy atom. The molecule has 1 aromatic heterocycles. The minimum absolute atomic E-state index is 0.170. The van der Waals surface area contributed by atoms with E-state index in [1.54, 1.807) is 12.3 Å². The van der Waals surface area contributed by atoms with Crippen molar-refractivity contribution < 1.29 is 4.79 Å². The number of hydrogen-bond donors (Lipinski definition) is 1. The predicted octanol–water partition coefficient (Wildman–Crippen LogP) is 4.29. The number of pyridine rings is 1. The van der Waals surface area contributed by atoms with Gasteiger partial charge in [0.15, 0.2) is 0 Å². The van der Waals surface area contributed by atoms with Gasteiger partial charge in [-0.1, -0.05) is 17.7 Å². The molecule has 1 fully saturated rings. The van der Waals surface area contributed by atoms with Crippen LogP contribution in [0.4, 0.5) is 11.4 Å². The van der Waals surface area contributed by atoms with Crippen LogP contribution in [0.3, 0.4) is 0 Å². The number of amides is 1. The molecule has 2 aromatic rings. The smallest absolute Gasteiger partial charge is 0.257 e. The molecule has 1 saturated heterocycles. The number of nitrogens with one attached hydrogen (secondary N) is 1. The Balaban J connectivity index is 1.75. The number of carbonyl (C=O) groups excluding carboxylic acids is 1. The van der Waals surface area contributed by atoms with Gasteiger partial charge < -0.3 is 10.2 Å². The summed E-state index contributed by atoms with van der Waals surface area (Å²) in [7, 11) is 0. The largest absolute Gasteiger partial charge is 0.370 e. The average molecular weight is 330 g/mol. The van der Waals surface area contributed by atoms with Crippen molar-refractivity contribution in [2.45, 2.75) is 26.2 Å². The first-order valence-corrected chi connectivity index (χ1v) is 8.29. The van der Waals surface area contributed by atoms with Crippen molar-refractivity contribution in [1.29, 1.82) is 0 Å². The van der Waals surface area contributed by atoms with Gasteiger partial charge in [-0.2, -0.15) is 0 Å². The zero-order chi connectivity index (χ0) is 16.2. The van der Waals surface area contributed by atoms with Gasteiger partial charge in [0.1, 0.15) is 0 Å². The number of aromatic nitrogens is 1. The number of anilines is 2. The molecule has 0 spiro atoms. The van der Waals surface area contributed by atoms with Crippen LogP contribution in [0.2, 0.25) is 5.02 Å². The summed E-state index contributed by atoms with van der Waals surface area (Å²) in [6.07, 6.45) is 7.08. The molecular formula is C18H20ClN3O. The van der Waals surface area contributed by atoms with E-state index in [4.69, 9.17) is 11.6 Å². The lowest BCUT2D eigenvalue weighted by Crippen LogP contribution is -2.29. The number of halogens is 1. The highest BCUT2D eigenvalue weighted by Crippen LogP contribution is 2.22. The molecule has 1 aliphatic heterocycles. The summed E-state index contributed by atoms with van der Waals surface area (Å²) < 4.78 is 0. The van der Waals surface area contributed by atoms with Gasteiger partial charge >= 0.3 is 0 Å². The Labute approximate surface area is 141 Å². The van der Waals surface area contributed by atoms with Gasteiger partial charge in [-0.3, -0.25) is 9.78 Å². The van der Waals surface area contributed by atoms with E-state index >= 15 is 0 Å². The molecule has 0 unspecified atom stereocenters. The van der Waals surface area contributed by atoms with Gasteiger partial charge in [-0.25, -0.2) is 0 Å². The maximum absolute atomic E-state index is 12.4. The molecular weight excluding hydrogens is 310 g/mol. The first-order valence-electron chi connectivity index (χ1n) is 7.91. The third-order valence-electron chi connectivity index (χ3n) is 4.14. The van der Waals surface area contributed by atoms with Gasteiger partial charge in [-0.15, -0.1) is 0 Å². The molecule has 1 aliphatic rings. The highest BCUT2D eigenvalue weighted by atomic mass is 35.5. The molecule has 1 aromatic carbocycles. The number of rotatable bonds is 3. The molecule has 2 heterocycles. The van der Waals surface area contributed by atoms with E-state index in [0.717, 1.165) is 24.3 Å². The van der Waals surface area contributed by atoms with E-state index in [1.807, 2.05) is 31.3 Å². The molecule has 4 nitrogen and oxygen atoms in total. The van der Waals surface area contributed by atoms with Crippen LogP contribution in [-0.2, 0) is 0 Å². The minimum atomic E-state index is -0.170. The summed E-state index contributed by atoms with van der Waals surface area (Å²) in [5.41, 5.74) is 3.25.